The smallest absolute Gasteiger partial charge is 0.372 e. The lowest BCUT2D eigenvalue weighted by molar-refractivity contribution is -0.146. The van der Waals surface area contributed by atoms with Gasteiger partial charge in [-0.05, 0) is 39.0 Å². The summed E-state index contributed by atoms with van der Waals surface area (Å²) < 4.78 is 27.7. The van der Waals surface area contributed by atoms with Gasteiger partial charge in [0.05, 0.1) is 16.4 Å². The first kappa shape index (κ1) is 24.6. The number of benzene rings is 1. The Morgan fingerprint density at radius 1 is 1.21 bits per heavy atom. The molecule has 3 rings (SSSR count). The normalized spacial score (nSPS) is 10.5. The van der Waals surface area contributed by atoms with Gasteiger partial charge >= 0.3 is 11.7 Å². The zero-order valence-corrected chi connectivity index (χ0v) is 19.4. The van der Waals surface area contributed by atoms with Crippen molar-refractivity contribution in [2.45, 2.75) is 20.8 Å². The number of aromatic nitrogens is 3. The second-order valence-corrected chi connectivity index (χ2v) is 7.64. The summed E-state index contributed by atoms with van der Waals surface area (Å²) in [5.74, 6) is -1.80. The van der Waals surface area contributed by atoms with Gasteiger partial charge in [0, 0.05) is 31.1 Å². The first-order valence-corrected chi connectivity index (χ1v) is 10.2. The van der Waals surface area contributed by atoms with E-state index >= 15 is 0 Å². The average molecular weight is 491 g/mol. The van der Waals surface area contributed by atoms with E-state index in [0.29, 0.717) is 16.0 Å². The highest BCUT2D eigenvalue weighted by Crippen LogP contribution is 2.35. The molecule has 0 N–H and O–H groups in total. The Balaban J connectivity index is 1.95. The number of hydrogen-bond acceptors (Lipinski definition) is 8. The molecule has 0 atom stereocenters. The molecule has 0 unspecified atom stereocenters. The summed E-state index contributed by atoms with van der Waals surface area (Å²) in [4.78, 5) is 45.5. The van der Waals surface area contributed by atoms with Gasteiger partial charge in [0.25, 0.3) is 11.4 Å². The standard InChI is InChI=1S/C22H20ClFN4O6/c1-12(2)26-34-20(30)11-32-21-17(6-5-7-25-21)33-18-10-16(15(24)9-14(18)23)28-19(29)8-13(3)27(4)22(28)31/h5-10H,11H2,1-4H3. The van der Waals surface area contributed by atoms with Gasteiger partial charge in [-0.3, -0.25) is 4.79 Å². The van der Waals surface area contributed by atoms with E-state index in [1.165, 1.54) is 36.0 Å². The number of aryl methyl sites for hydroxylation is 1. The number of nitrogens with zero attached hydrogens (tertiary/aromatic N) is 4. The molecule has 3 aromatic rings. The Kier molecular flexibility index (Phi) is 7.47. The molecule has 0 saturated heterocycles. The molecule has 0 fully saturated rings. The number of pyridine rings is 1. The summed E-state index contributed by atoms with van der Waals surface area (Å²) in [5.41, 5.74) is -0.868. The van der Waals surface area contributed by atoms with Gasteiger partial charge in [-0.15, -0.1) is 0 Å². The Bertz CT molecular complexity index is 1400. The van der Waals surface area contributed by atoms with E-state index in [9.17, 15) is 18.8 Å². The summed E-state index contributed by atoms with van der Waals surface area (Å²) in [6, 6.07) is 6.23. The highest BCUT2D eigenvalue weighted by molar-refractivity contribution is 6.32. The zero-order chi connectivity index (χ0) is 25.0. The lowest BCUT2D eigenvalue weighted by Gasteiger charge is -2.14. The predicted molar refractivity (Wildman–Crippen MR) is 122 cm³/mol. The summed E-state index contributed by atoms with van der Waals surface area (Å²) in [7, 11) is 1.45. The van der Waals surface area contributed by atoms with Gasteiger partial charge in [0.2, 0.25) is 0 Å². The molecular formula is C22H20ClFN4O6. The van der Waals surface area contributed by atoms with Crippen LogP contribution in [0, 0.1) is 12.7 Å². The molecule has 10 nitrogen and oxygen atoms in total. The fourth-order valence-electron chi connectivity index (χ4n) is 2.70. The third-order valence-corrected chi connectivity index (χ3v) is 4.71. The number of oxime groups is 1. The second-order valence-electron chi connectivity index (χ2n) is 7.23. The highest BCUT2D eigenvalue weighted by Gasteiger charge is 2.18. The minimum Gasteiger partial charge on any atom is -0.463 e. The number of hydrogen-bond donors (Lipinski definition) is 0. The van der Waals surface area contributed by atoms with Crippen molar-refractivity contribution in [3.63, 3.8) is 0 Å². The molecule has 0 saturated carbocycles. The lowest BCUT2D eigenvalue weighted by Crippen LogP contribution is -2.38. The fraction of sp³-hybridized carbons (Fsp3) is 0.227. The molecule has 0 amide bonds. The summed E-state index contributed by atoms with van der Waals surface area (Å²) in [5, 5.41) is 3.40. The van der Waals surface area contributed by atoms with Gasteiger partial charge in [0.15, 0.2) is 12.4 Å². The first-order valence-electron chi connectivity index (χ1n) is 9.84. The molecule has 0 spiro atoms. The monoisotopic (exact) mass is 490 g/mol. The second kappa shape index (κ2) is 10.3. The fourth-order valence-corrected chi connectivity index (χ4v) is 2.89. The first-order chi connectivity index (χ1) is 16.1. The van der Waals surface area contributed by atoms with Gasteiger partial charge in [-0.25, -0.2) is 23.5 Å². The van der Waals surface area contributed by atoms with Crippen molar-refractivity contribution in [2.24, 2.45) is 12.2 Å². The molecule has 34 heavy (non-hydrogen) atoms. The minimum atomic E-state index is -0.905. The van der Waals surface area contributed by atoms with Crippen molar-refractivity contribution in [3.05, 3.63) is 73.9 Å². The van der Waals surface area contributed by atoms with E-state index in [-0.39, 0.29) is 28.1 Å². The molecule has 0 radical (unpaired) electrons. The number of ether oxygens (including phenoxy) is 2. The average Bonchev–Trinajstić information content (AvgIpc) is 2.78. The van der Waals surface area contributed by atoms with Crippen LogP contribution in [0.15, 0.2) is 51.3 Å². The van der Waals surface area contributed by atoms with Gasteiger partial charge in [-0.2, -0.15) is 0 Å². The van der Waals surface area contributed by atoms with Crippen molar-refractivity contribution >= 4 is 23.3 Å². The maximum atomic E-state index is 14.7. The number of rotatable bonds is 7. The Hall–Kier alpha value is -3.99. The van der Waals surface area contributed by atoms with Crippen LogP contribution in [0.25, 0.3) is 5.69 Å². The summed E-state index contributed by atoms with van der Waals surface area (Å²) in [6.07, 6.45) is 1.40. The topological polar surface area (TPSA) is 114 Å². The van der Waals surface area contributed by atoms with E-state index in [1.54, 1.807) is 20.8 Å². The van der Waals surface area contributed by atoms with Crippen molar-refractivity contribution in [1.29, 1.82) is 0 Å². The maximum Gasteiger partial charge on any atom is 0.372 e. The van der Waals surface area contributed by atoms with Crippen LogP contribution >= 0.6 is 11.6 Å². The van der Waals surface area contributed by atoms with Crippen LogP contribution in [0.3, 0.4) is 0 Å². The Morgan fingerprint density at radius 3 is 2.65 bits per heavy atom. The quantitative estimate of drug-likeness (QED) is 0.284. The Labute approximate surface area is 197 Å². The van der Waals surface area contributed by atoms with Crippen LogP contribution in [0.5, 0.6) is 17.4 Å². The predicted octanol–water partition coefficient (Wildman–Crippen LogP) is 3.14. The van der Waals surface area contributed by atoms with Crippen LogP contribution in [0.4, 0.5) is 4.39 Å². The van der Waals surface area contributed by atoms with E-state index in [2.05, 4.69) is 15.0 Å². The Morgan fingerprint density at radius 2 is 1.94 bits per heavy atom. The highest BCUT2D eigenvalue weighted by atomic mass is 35.5. The van der Waals surface area contributed by atoms with Crippen LogP contribution < -0.4 is 20.7 Å². The van der Waals surface area contributed by atoms with Gasteiger partial charge < -0.3 is 18.9 Å². The molecule has 12 heteroatoms. The third kappa shape index (κ3) is 5.49. The molecule has 2 aromatic heterocycles. The summed E-state index contributed by atoms with van der Waals surface area (Å²) >= 11 is 6.14. The molecule has 178 valence electrons. The molecular weight excluding hydrogens is 471 g/mol. The van der Waals surface area contributed by atoms with Crippen molar-refractivity contribution in [2.75, 3.05) is 6.61 Å². The van der Waals surface area contributed by atoms with E-state index in [4.69, 9.17) is 21.1 Å². The van der Waals surface area contributed by atoms with Crippen LogP contribution in [-0.2, 0) is 16.7 Å². The maximum absolute atomic E-state index is 14.7. The van der Waals surface area contributed by atoms with Crippen LogP contribution in [0.1, 0.15) is 19.5 Å². The zero-order valence-electron chi connectivity index (χ0n) is 18.7. The molecule has 2 heterocycles. The number of carbonyl (C=O) groups excluding carboxylic acids is 1. The third-order valence-electron chi connectivity index (χ3n) is 4.42. The lowest BCUT2D eigenvalue weighted by atomic mass is 10.2. The summed E-state index contributed by atoms with van der Waals surface area (Å²) in [6.45, 7) is 4.37. The minimum absolute atomic E-state index is 0.0362. The van der Waals surface area contributed by atoms with Crippen molar-refractivity contribution in [1.82, 2.24) is 14.1 Å². The molecule has 0 aliphatic heterocycles. The number of carbonyl (C=O) groups is 1. The molecule has 1 aromatic carbocycles. The van der Waals surface area contributed by atoms with E-state index in [0.717, 1.165) is 12.1 Å². The molecule has 0 aliphatic rings. The SMILES string of the molecule is CC(C)=NOC(=O)COc1ncccc1Oc1cc(-n2c(=O)cc(C)n(C)c2=O)c(F)cc1Cl. The van der Waals surface area contributed by atoms with Gasteiger partial charge in [-0.1, -0.05) is 16.8 Å². The van der Waals surface area contributed by atoms with Gasteiger partial charge in [0.1, 0.15) is 11.6 Å². The van der Waals surface area contributed by atoms with E-state index < -0.39 is 29.6 Å². The van der Waals surface area contributed by atoms with Crippen LogP contribution in [-0.4, -0.2) is 32.4 Å². The largest absolute Gasteiger partial charge is 0.463 e. The van der Waals surface area contributed by atoms with Crippen molar-refractivity contribution in [3.8, 4) is 23.1 Å². The molecule has 0 aliphatic carbocycles. The molecule has 0 bridgehead atoms. The number of halogens is 2. The van der Waals surface area contributed by atoms with Crippen molar-refractivity contribution < 1.29 is 23.5 Å². The van der Waals surface area contributed by atoms with Crippen LogP contribution in [0.2, 0.25) is 5.02 Å². The van der Waals surface area contributed by atoms with E-state index in [1.807, 2.05) is 0 Å².